The number of thiol groups is 7. The van der Waals surface area contributed by atoms with E-state index < -0.39 is 0 Å². The molecule has 0 aromatic carbocycles. The van der Waals surface area contributed by atoms with Crippen molar-refractivity contribution in [2.24, 2.45) is 5.92 Å². The minimum absolute atomic E-state index is 0.417. The molecule has 0 aromatic rings. The molecule has 0 bridgehead atoms. The second-order valence-electron chi connectivity index (χ2n) is 6.50. The molecule has 0 radical (unpaired) electrons. The Morgan fingerprint density at radius 3 is 1.64 bits per heavy atom. The average molecular weight is 497 g/mol. The molecule has 0 heterocycles. The second kappa shape index (κ2) is 18.8. The van der Waals surface area contributed by atoms with Gasteiger partial charge in [-0.1, -0.05) is 0 Å². The molecule has 0 fully saturated rings. The zero-order valence-corrected chi connectivity index (χ0v) is 22.0. The van der Waals surface area contributed by atoms with Gasteiger partial charge in [0.2, 0.25) is 0 Å². The van der Waals surface area contributed by atoms with Crippen molar-refractivity contribution in [3.05, 3.63) is 0 Å². The van der Waals surface area contributed by atoms with Crippen LogP contribution in [0.3, 0.4) is 0 Å². The highest BCUT2D eigenvalue weighted by molar-refractivity contribution is 8.00. The van der Waals surface area contributed by atoms with Crippen molar-refractivity contribution in [2.45, 2.75) is 65.9 Å². The van der Waals surface area contributed by atoms with Crippen molar-refractivity contribution in [1.29, 1.82) is 0 Å². The lowest BCUT2D eigenvalue weighted by atomic mass is 9.94. The summed E-state index contributed by atoms with van der Waals surface area (Å²) in [6.45, 7) is 0. The Balaban J connectivity index is 4.38. The summed E-state index contributed by atoms with van der Waals surface area (Å²) in [5, 5.41) is 1.73. The predicted molar refractivity (Wildman–Crippen MR) is 146 cm³/mol. The topological polar surface area (TPSA) is 0 Å². The second-order valence-corrected chi connectivity index (χ2v) is 11.8. The fourth-order valence-corrected chi connectivity index (χ4v) is 6.55. The van der Waals surface area contributed by atoms with Gasteiger partial charge in [0, 0.05) is 26.8 Å². The summed E-state index contributed by atoms with van der Waals surface area (Å²) >= 11 is 34.0. The highest BCUT2D eigenvalue weighted by atomic mass is 32.2. The molecule has 8 heteroatoms. The van der Waals surface area contributed by atoms with E-state index in [9.17, 15) is 0 Å². The van der Waals surface area contributed by atoms with E-state index in [-0.39, 0.29) is 0 Å². The van der Waals surface area contributed by atoms with Gasteiger partial charge >= 0.3 is 0 Å². The van der Waals surface area contributed by atoms with E-state index in [1.807, 2.05) is 11.8 Å². The van der Waals surface area contributed by atoms with E-state index in [1.165, 1.54) is 0 Å². The molecule has 0 amide bonds. The molecule has 5 unspecified atom stereocenters. The maximum atomic E-state index is 4.94. The highest BCUT2D eigenvalue weighted by Gasteiger charge is 2.22. The molecule has 0 aliphatic rings. The van der Waals surface area contributed by atoms with Crippen LogP contribution in [-0.2, 0) is 0 Å². The van der Waals surface area contributed by atoms with E-state index >= 15 is 0 Å². The molecule has 25 heavy (non-hydrogen) atoms. The van der Waals surface area contributed by atoms with Gasteiger partial charge in [0.1, 0.15) is 0 Å². The van der Waals surface area contributed by atoms with Crippen LogP contribution in [0.15, 0.2) is 0 Å². The first kappa shape index (κ1) is 27.8. The largest absolute Gasteiger partial charge is 0.179 e. The first-order valence-corrected chi connectivity index (χ1v) is 14.2. The van der Waals surface area contributed by atoms with Crippen LogP contribution in [0.1, 0.15) is 44.9 Å². The lowest BCUT2D eigenvalue weighted by Gasteiger charge is -2.27. The molecule has 0 N–H and O–H groups in total. The standard InChI is InChI=1S/C17H36S8/c18-7-5-14(21)1-2-16(23)11-13(12-25-10-9-20)17(24)4-3-15(22)6-8-19/h13-24H,1-12H2. The van der Waals surface area contributed by atoms with Gasteiger partial charge in [-0.25, -0.2) is 0 Å². The van der Waals surface area contributed by atoms with E-state index in [2.05, 4.69) is 63.1 Å². The van der Waals surface area contributed by atoms with E-state index in [4.69, 9.17) is 25.3 Å². The first-order valence-electron chi connectivity index (χ1n) is 9.07. The van der Waals surface area contributed by atoms with Crippen LogP contribution in [0.5, 0.6) is 0 Å². The summed E-state index contributed by atoms with van der Waals surface area (Å²) in [7, 11) is 0. The van der Waals surface area contributed by atoms with Crippen molar-refractivity contribution in [3.8, 4) is 0 Å². The van der Waals surface area contributed by atoms with Gasteiger partial charge in [0.25, 0.3) is 0 Å². The zero-order valence-electron chi connectivity index (χ0n) is 14.9. The van der Waals surface area contributed by atoms with Gasteiger partial charge < -0.3 is 0 Å². The molecule has 0 spiro atoms. The van der Waals surface area contributed by atoms with Gasteiger partial charge in [0.05, 0.1) is 0 Å². The minimum atomic E-state index is 0.417. The lowest BCUT2D eigenvalue weighted by Crippen LogP contribution is -2.23. The number of rotatable bonds is 17. The average Bonchev–Trinajstić information content (AvgIpc) is 2.57. The Labute approximate surface area is 199 Å². The fraction of sp³-hybridized carbons (Fsp3) is 1.00. The maximum Gasteiger partial charge on any atom is 0.00537 e. The molecule has 0 nitrogen and oxygen atoms in total. The fourth-order valence-electron chi connectivity index (χ4n) is 2.67. The number of thioether (sulfide) groups is 1. The molecule has 152 valence electrons. The third-order valence-electron chi connectivity index (χ3n) is 4.24. The lowest BCUT2D eigenvalue weighted by molar-refractivity contribution is 0.465. The van der Waals surface area contributed by atoms with Crippen LogP contribution in [0.2, 0.25) is 0 Å². The summed E-state index contributed by atoms with van der Waals surface area (Å²) in [6, 6.07) is 0. The smallest absolute Gasteiger partial charge is 0.00537 e. The number of hydrogen-bond acceptors (Lipinski definition) is 8. The molecule has 0 saturated heterocycles. The third-order valence-corrected chi connectivity index (χ3v) is 8.62. The molecule has 0 saturated carbocycles. The third kappa shape index (κ3) is 16.3. The summed E-state index contributed by atoms with van der Waals surface area (Å²) in [4.78, 5) is 0. The van der Waals surface area contributed by atoms with Gasteiger partial charge in [-0.15, -0.1) is 0 Å². The first-order chi connectivity index (χ1) is 11.9. The summed E-state index contributed by atoms with van der Waals surface area (Å²) in [5.74, 6) is 5.59. The molecule has 0 aromatic heterocycles. The zero-order chi connectivity index (χ0) is 19.1. The quantitative estimate of drug-likeness (QED) is 0.0950. The maximum absolute atomic E-state index is 4.94. The predicted octanol–water partition coefficient (Wildman–Crippen LogP) is 6.05. The van der Waals surface area contributed by atoms with Gasteiger partial charge in [0.15, 0.2) is 0 Å². The van der Waals surface area contributed by atoms with Crippen molar-refractivity contribution >= 4 is 100 Å². The van der Waals surface area contributed by atoms with Gasteiger partial charge in [-0.05, 0) is 73.9 Å². The molecule has 5 atom stereocenters. The molecule has 0 rings (SSSR count). The molecule has 0 aliphatic carbocycles. The van der Waals surface area contributed by atoms with Crippen LogP contribution < -0.4 is 0 Å². The monoisotopic (exact) mass is 496 g/mol. The number of hydrogen-bond donors (Lipinski definition) is 7. The van der Waals surface area contributed by atoms with E-state index in [1.54, 1.807) is 0 Å². The SMILES string of the molecule is SCCSCC(CC(S)CCC(S)CCS)C(S)CCC(S)CCS. The van der Waals surface area contributed by atoms with Crippen LogP contribution in [0.25, 0.3) is 0 Å². The van der Waals surface area contributed by atoms with Crippen molar-refractivity contribution < 1.29 is 0 Å². The Bertz CT molecular complexity index is 292. The Kier molecular flexibility index (Phi) is 20.9. The van der Waals surface area contributed by atoms with Crippen molar-refractivity contribution in [3.63, 3.8) is 0 Å². The van der Waals surface area contributed by atoms with Gasteiger partial charge in [-0.3, -0.25) is 0 Å². The molecular formula is C17H36S8. The summed E-state index contributed by atoms with van der Waals surface area (Å²) in [6.07, 6.45) is 7.73. The highest BCUT2D eigenvalue weighted by Crippen LogP contribution is 2.30. The summed E-state index contributed by atoms with van der Waals surface area (Å²) in [5.41, 5.74) is 0. The van der Waals surface area contributed by atoms with Crippen LogP contribution >= 0.6 is 100 Å². The molecule has 0 aliphatic heterocycles. The summed E-state index contributed by atoms with van der Waals surface area (Å²) < 4.78 is 0. The van der Waals surface area contributed by atoms with E-state index in [0.717, 1.165) is 73.7 Å². The van der Waals surface area contributed by atoms with Crippen molar-refractivity contribution in [2.75, 3.05) is 28.8 Å². The minimum Gasteiger partial charge on any atom is -0.179 e. The van der Waals surface area contributed by atoms with Crippen LogP contribution in [0, 0.1) is 5.92 Å². The molecular weight excluding hydrogens is 461 g/mol. The van der Waals surface area contributed by atoms with Gasteiger partial charge in [-0.2, -0.15) is 100 Å². The normalized spacial score (nSPS) is 17.9. The van der Waals surface area contributed by atoms with E-state index in [0.29, 0.717) is 26.9 Å². The Morgan fingerprint density at radius 2 is 1.12 bits per heavy atom. The Morgan fingerprint density at radius 1 is 0.600 bits per heavy atom. The van der Waals surface area contributed by atoms with Crippen molar-refractivity contribution in [1.82, 2.24) is 0 Å². The van der Waals surface area contributed by atoms with Crippen LogP contribution in [-0.4, -0.2) is 49.8 Å². The Hall–Kier alpha value is 2.80. The van der Waals surface area contributed by atoms with Crippen LogP contribution in [0.4, 0.5) is 0 Å².